The van der Waals surface area contributed by atoms with Crippen LogP contribution in [0, 0.1) is 6.92 Å². The topological polar surface area (TPSA) is 84.6 Å². The Morgan fingerprint density at radius 3 is 2.62 bits per heavy atom. The van der Waals surface area contributed by atoms with E-state index in [2.05, 4.69) is 17.5 Å². The van der Waals surface area contributed by atoms with Crippen molar-refractivity contribution in [1.82, 2.24) is 0 Å². The molecule has 4 N–H and O–H groups in total. The van der Waals surface area contributed by atoms with Gasteiger partial charge in [0, 0.05) is 0 Å². The molecule has 0 atom stereocenters. The van der Waals surface area contributed by atoms with Gasteiger partial charge in [0.2, 0.25) is 0 Å². The first-order valence-electron chi connectivity index (χ1n) is 4.44. The summed E-state index contributed by atoms with van der Waals surface area (Å²) in [6.07, 6.45) is 0. The third-order valence-electron chi connectivity index (χ3n) is 2.02. The monoisotopic (exact) mass is 240 g/mol. The Kier molecular flexibility index (Phi) is 3.68. The zero-order valence-electron chi connectivity index (χ0n) is 8.90. The maximum atomic E-state index is 11.0. The Bertz CT molecular complexity index is 446. The second kappa shape index (κ2) is 4.80. The number of aromatic carboxylic acids is 1. The van der Waals surface area contributed by atoms with Gasteiger partial charge in [-0.2, -0.15) is 0 Å². The minimum Gasteiger partial charge on any atom is -0.496 e. The maximum absolute atomic E-state index is 11.0. The predicted octanol–water partition coefficient (Wildman–Crippen LogP) is 1.36. The number of nitrogens with one attached hydrogen (secondary N) is 1. The Morgan fingerprint density at radius 2 is 2.19 bits per heavy atom. The van der Waals surface area contributed by atoms with Crippen molar-refractivity contribution < 1.29 is 14.6 Å². The van der Waals surface area contributed by atoms with Crippen LogP contribution < -0.4 is 15.8 Å². The smallest absolute Gasteiger partial charge is 0.337 e. The van der Waals surface area contributed by atoms with Crippen LogP contribution in [0.1, 0.15) is 15.9 Å². The van der Waals surface area contributed by atoms with E-state index in [1.807, 2.05) is 0 Å². The molecule has 1 aromatic rings. The number of carboxylic acids is 1. The van der Waals surface area contributed by atoms with Crippen LogP contribution in [0.2, 0.25) is 0 Å². The fourth-order valence-electron chi connectivity index (χ4n) is 1.32. The second-order valence-corrected chi connectivity index (χ2v) is 3.60. The van der Waals surface area contributed by atoms with E-state index >= 15 is 0 Å². The Morgan fingerprint density at radius 1 is 1.56 bits per heavy atom. The summed E-state index contributed by atoms with van der Waals surface area (Å²) in [6, 6.07) is 3.06. The van der Waals surface area contributed by atoms with Crippen LogP contribution >= 0.6 is 12.2 Å². The zero-order chi connectivity index (χ0) is 12.3. The highest BCUT2D eigenvalue weighted by Gasteiger charge is 2.14. The fourth-order valence-corrected chi connectivity index (χ4v) is 1.43. The summed E-state index contributed by atoms with van der Waals surface area (Å²) < 4.78 is 5.04. The minimum absolute atomic E-state index is 0.0204. The molecule has 0 fully saturated rings. The number of nitrogens with two attached hydrogens (primary N) is 1. The van der Waals surface area contributed by atoms with E-state index in [1.54, 1.807) is 13.0 Å². The SMILES string of the molecule is COc1cc(C(=O)O)c(NC(N)=S)cc1C. The van der Waals surface area contributed by atoms with E-state index in [-0.39, 0.29) is 10.7 Å². The molecule has 86 valence electrons. The number of hydrogen-bond donors (Lipinski definition) is 3. The molecule has 0 heterocycles. The molecule has 1 aromatic carbocycles. The molecule has 0 aliphatic heterocycles. The van der Waals surface area contributed by atoms with E-state index in [0.29, 0.717) is 11.4 Å². The molecular formula is C10H12N2O3S. The first-order valence-corrected chi connectivity index (χ1v) is 4.85. The fraction of sp³-hybridized carbons (Fsp3) is 0.200. The number of carboxylic acid groups (broad SMARTS) is 1. The normalized spacial score (nSPS) is 9.62. The molecule has 0 bridgehead atoms. The molecule has 5 nitrogen and oxygen atoms in total. The molecule has 0 spiro atoms. The number of thiocarbonyl (C=S) groups is 1. The minimum atomic E-state index is -1.07. The van der Waals surface area contributed by atoms with Gasteiger partial charge in [0.05, 0.1) is 18.4 Å². The van der Waals surface area contributed by atoms with Crippen molar-refractivity contribution in [2.45, 2.75) is 6.92 Å². The van der Waals surface area contributed by atoms with E-state index < -0.39 is 5.97 Å². The molecular weight excluding hydrogens is 228 g/mol. The highest BCUT2D eigenvalue weighted by molar-refractivity contribution is 7.80. The maximum Gasteiger partial charge on any atom is 0.337 e. The highest BCUT2D eigenvalue weighted by atomic mass is 32.1. The lowest BCUT2D eigenvalue weighted by Crippen LogP contribution is -2.20. The molecule has 0 saturated carbocycles. The highest BCUT2D eigenvalue weighted by Crippen LogP contribution is 2.26. The van der Waals surface area contributed by atoms with Crippen LogP contribution in [-0.2, 0) is 0 Å². The molecule has 1 rings (SSSR count). The lowest BCUT2D eigenvalue weighted by molar-refractivity contribution is 0.0697. The van der Waals surface area contributed by atoms with Gasteiger partial charge in [0.15, 0.2) is 5.11 Å². The van der Waals surface area contributed by atoms with Crippen molar-refractivity contribution in [3.63, 3.8) is 0 Å². The first kappa shape index (κ1) is 12.3. The number of rotatable bonds is 3. The summed E-state index contributed by atoms with van der Waals surface area (Å²) in [5.74, 6) is -0.567. The van der Waals surface area contributed by atoms with E-state index in [9.17, 15) is 4.79 Å². The number of aryl methyl sites for hydroxylation is 1. The first-order chi connectivity index (χ1) is 7.45. The van der Waals surface area contributed by atoms with Crippen molar-refractivity contribution in [2.24, 2.45) is 5.73 Å². The van der Waals surface area contributed by atoms with Gasteiger partial charge < -0.3 is 20.9 Å². The van der Waals surface area contributed by atoms with Gasteiger partial charge in [0.1, 0.15) is 5.75 Å². The predicted molar refractivity (Wildman–Crippen MR) is 65.1 cm³/mol. The summed E-state index contributed by atoms with van der Waals surface area (Å²) in [7, 11) is 1.48. The molecule has 0 unspecified atom stereocenters. The number of methoxy groups -OCH3 is 1. The van der Waals surface area contributed by atoms with Gasteiger partial charge in [-0.1, -0.05) is 0 Å². The van der Waals surface area contributed by atoms with Crippen molar-refractivity contribution in [2.75, 3.05) is 12.4 Å². The average molecular weight is 240 g/mol. The molecule has 0 aliphatic carbocycles. The van der Waals surface area contributed by atoms with Crippen LogP contribution in [0.5, 0.6) is 5.75 Å². The van der Waals surface area contributed by atoms with Crippen LogP contribution in [0.25, 0.3) is 0 Å². The van der Waals surface area contributed by atoms with Crippen molar-refractivity contribution in [3.8, 4) is 5.75 Å². The second-order valence-electron chi connectivity index (χ2n) is 3.16. The van der Waals surface area contributed by atoms with Gasteiger partial charge in [-0.3, -0.25) is 0 Å². The summed E-state index contributed by atoms with van der Waals surface area (Å²) >= 11 is 4.67. The number of benzene rings is 1. The van der Waals surface area contributed by atoms with Crippen LogP contribution in [0.4, 0.5) is 5.69 Å². The lowest BCUT2D eigenvalue weighted by Gasteiger charge is -2.12. The van der Waals surface area contributed by atoms with Crippen molar-refractivity contribution >= 4 is 29.0 Å². The van der Waals surface area contributed by atoms with Gasteiger partial charge in [-0.25, -0.2) is 4.79 Å². The third-order valence-corrected chi connectivity index (χ3v) is 2.13. The number of ether oxygens (including phenoxy) is 1. The van der Waals surface area contributed by atoms with Crippen molar-refractivity contribution in [1.29, 1.82) is 0 Å². The quantitative estimate of drug-likeness (QED) is 0.692. The zero-order valence-corrected chi connectivity index (χ0v) is 9.72. The standard InChI is InChI=1S/C10H12N2O3S/c1-5-3-7(12-10(11)16)6(9(13)14)4-8(5)15-2/h3-4H,1-2H3,(H,13,14)(H3,11,12,16). The molecule has 0 aliphatic rings. The van der Waals surface area contributed by atoms with E-state index in [4.69, 9.17) is 15.6 Å². The number of hydrogen-bond acceptors (Lipinski definition) is 3. The van der Waals surface area contributed by atoms with Crippen LogP contribution in [-0.4, -0.2) is 23.3 Å². The molecule has 6 heteroatoms. The Labute approximate surface area is 98.2 Å². The third kappa shape index (κ3) is 2.60. The lowest BCUT2D eigenvalue weighted by atomic mass is 10.1. The summed E-state index contributed by atoms with van der Waals surface area (Å²) in [4.78, 5) is 11.0. The number of carbonyl (C=O) groups is 1. The number of anilines is 1. The van der Waals surface area contributed by atoms with E-state index in [0.717, 1.165) is 5.56 Å². The van der Waals surface area contributed by atoms with Gasteiger partial charge in [0.25, 0.3) is 0 Å². The average Bonchev–Trinajstić information content (AvgIpc) is 2.16. The summed E-state index contributed by atoms with van der Waals surface area (Å²) in [5.41, 5.74) is 6.53. The summed E-state index contributed by atoms with van der Waals surface area (Å²) in [5, 5.41) is 11.6. The largest absolute Gasteiger partial charge is 0.496 e. The van der Waals surface area contributed by atoms with Crippen LogP contribution in [0.15, 0.2) is 12.1 Å². The Balaban J connectivity index is 3.30. The molecule has 0 aromatic heterocycles. The molecule has 0 saturated heterocycles. The van der Waals surface area contributed by atoms with Gasteiger partial charge >= 0.3 is 5.97 Å². The summed E-state index contributed by atoms with van der Waals surface area (Å²) in [6.45, 7) is 1.80. The van der Waals surface area contributed by atoms with Gasteiger partial charge in [-0.15, -0.1) is 0 Å². The van der Waals surface area contributed by atoms with E-state index in [1.165, 1.54) is 13.2 Å². The van der Waals surface area contributed by atoms with Crippen LogP contribution in [0.3, 0.4) is 0 Å². The Hall–Kier alpha value is -1.82. The van der Waals surface area contributed by atoms with Crippen molar-refractivity contribution in [3.05, 3.63) is 23.3 Å². The molecule has 0 radical (unpaired) electrons. The molecule has 0 amide bonds. The van der Waals surface area contributed by atoms with Gasteiger partial charge in [-0.05, 0) is 36.8 Å². The molecule has 16 heavy (non-hydrogen) atoms.